The number of carbonyl (C=O) groups excluding carboxylic acids is 2. The third-order valence-electron chi connectivity index (χ3n) is 3.91. The van der Waals surface area contributed by atoms with Crippen LogP contribution in [0.4, 0.5) is 5.69 Å². The molecule has 2 rings (SSSR count). The molecule has 0 bridgehead atoms. The third-order valence-corrected chi connectivity index (χ3v) is 5.07. The molecule has 0 heterocycles. The van der Waals surface area contributed by atoms with E-state index >= 15 is 0 Å². The number of halogens is 1. The number of rotatable bonds is 4. The summed E-state index contributed by atoms with van der Waals surface area (Å²) in [4.78, 5) is 23.5. The molecule has 1 atom stereocenters. The van der Waals surface area contributed by atoms with Crippen molar-refractivity contribution in [2.75, 3.05) is 12.4 Å². The van der Waals surface area contributed by atoms with Gasteiger partial charge in [0.05, 0.1) is 21.9 Å². The Labute approximate surface area is 144 Å². The van der Waals surface area contributed by atoms with Crippen LogP contribution in [0.15, 0.2) is 30.0 Å². The lowest BCUT2D eigenvalue weighted by atomic mass is 9.83. The van der Waals surface area contributed by atoms with Crippen molar-refractivity contribution >= 4 is 40.0 Å². The van der Waals surface area contributed by atoms with Crippen molar-refractivity contribution in [2.45, 2.75) is 26.7 Å². The summed E-state index contributed by atoms with van der Waals surface area (Å²) in [6.07, 6.45) is 3.17. The normalized spacial score (nSPS) is 18.1. The minimum Gasteiger partial charge on any atom is -0.465 e. The van der Waals surface area contributed by atoms with Crippen LogP contribution < -0.4 is 5.32 Å². The number of nitrogens with one attached hydrogen (secondary N) is 1. The molecule has 0 saturated heterocycles. The van der Waals surface area contributed by atoms with Gasteiger partial charge >= 0.3 is 5.97 Å². The SMILES string of the molecule is COC(=O)c1cccc(NC2=CC(=O)CCC2C(C)C)c1I. The number of anilines is 1. The van der Waals surface area contributed by atoms with Gasteiger partial charge in [-0.25, -0.2) is 4.79 Å². The molecule has 1 aliphatic carbocycles. The summed E-state index contributed by atoms with van der Waals surface area (Å²) in [5, 5.41) is 3.36. The fraction of sp³-hybridized carbons (Fsp3) is 0.412. The molecule has 0 fully saturated rings. The van der Waals surface area contributed by atoms with E-state index in [2.05, 4.69) is 41.8 Å². The van der Waals surface area contributed by atoms with Crippen LogP contribution in [0, 0.1) is 15.4 Å². The van der Waals surface area contributed by atoms with Crippen LogP contribution in [0.2, 0.25) is 0 Å². The van der Waals surface area contributed by atoms with E-state index in [9.17, 15) is 9.59 Å². The van der Waals surface area contributed by atoms with Gasteiger partial charge in [0.1, 0.15) is 0 Å². The topological polar surface area (TPSA) is 55.4 Å². The molecular weight excluding hydrogens is 393 g/mol. The highest BCUT2D eigenvalue weighted by molar-refractivity contribution is 14.1. The van der Waals surface area contributed by atoms with Crippen molar-refractivity contribution in [3.8, 4) is 0 Å². The molecule has 1 unspecified atom stereocenters. The van der Waals surface area contributed by atoms with Gasteiger partial charge in [-0.3, -0.25) is 4.79 Å². The number of allylic oxidation sites excluding steroid dienone is 2. The first-order chi connectivity index (χ1) is 10.4. The average molecular weight is 413 g/mol. The number of methoxy groups -OCH3 is 1. The lowest BCUT2D eigenvalue weighted by Crippen LogP contribution is -2.24. The summed E-state index contributed by atoms with van der Waals surface area (Å²) in [6, 6.07) is 5.46. The lowest BCUT2D eigenvalue weighted by molar-refractivity contribution is -0.115. The fourth-order valence-electron chi connectivity index (χ4n) is 2.68. The Hall–Kier alpha value is -1.37. The molecule has 0 spiro atoms. The highest BCUT2D eigenvalue weighted by Gasteiger charge is 2.25. The first-order valence-electron chi connectivity index (χ1n) is 7.32. The predicted molar refractivity (Wildman–Crippen MR) is 94.8 cm³/mol. The summed E-state index contributed by atoms with van der Waals surface area (Å²) in [7, 11) is 1.37. The van der Waals surface area contributed by atoms with Crippen LogP contribution in [0.25, 0.3) is 0 Å². The van der Waals surface area contributed by atoms with Crippen molar-refractivity contribution in [3.05, 3.63) is 39.1 Å². The molecule has 1 aliphatic rings. The summed E-state index contributed by atoms with van der Waals surface area (Å²) >= 11 is 2.13. The quantitative estimate of drug-likeness (QED) is 0.599. The van der Waals surface area contributed by atoms with Gasteiger partial charge < -0.3 is 10.1 Å². The maximum atomic E-state index is 11.8. The monoisotopic (exact) mass is 413 g/mol. The highest BCUT2D eigenvalue weighted by Crippen LogP contribution is 2.32. The smallest absolute Gasteiger partial charge is 0.339 e. The van der Waals surface area contributed by atoms with E-state index in [0.29, 0.717) is 23.8 Å². The van der Waals surface area contributed by atoms with Crippen molar-refractivity contribution in [1.82, 2.24) is 0 Å². The van der Waals surface area contributed by atoms with Crippen LogP contribution in [0.1, 0.15) is 37.0 Å². The Morgan fingerprint density at radius 3 is 2.77 bits per heavy atom. The number of ether oxygens (including phenoxy) is 1. The summed E-state index contributed by atoms with van der Waals surface area (Å²) in [5.41, 5.74) is 2.29. The maximum absolute atomic E-state index is 11.8. The van der Waals surface area contributed by atoms with E-state index in [0.717, 1.165) is 21.4 Å². The minimum absolute atomic E-state index is 0.151. The highest BCUT2D eigenvalue weighted by atomic mass is 127. The van der Waals surface area contributed by atoms with Crippen LogP contribution in [0.5, 0.6) is 0 Å². The largest absolute Gasteiger partial charge is 0.465 e. The second-order valence-corrected chi connectivity index (χ2v) is 6.82. The second-order valence-electron chi connectivity index (χ2n) is 5.74. The zero-order valence-corrected chi connectivity index (χ0v) is 15.1. The van der Waals surface area contributed by atoms with Crippen LogP contribution in [0.3, 0.4) is 0 Å². The van der Waals surface area contributed by atoms with E-state index in [4.69, 9.17) is 4.74 Å². The van der Waals surface area contributed by atoms with E-state index in [1.165, 1.54) is 7.11 Å². The van der Waals surface area contributed by atoms with Crippen LogP contribution >= 0.6 is 22.6 Å². The third kappa shape index (κ3) is 3.69. The van der Waals surface area contributed by atoms with Crippen molar-refractivity contribution in [1.29, 1.82) is 0 Å². The number of hydrogen-bond donors (Lipinski definition) is 1. The zero-order chi connectivity index (χ0) is 16.3. The number of benzene rings is 1. The molecule has 0 aromatic heterocycles. The molecule has 5 heteroatoms. The molecule has 1 aromatic rings. The number of esters is 1. The Morgan fingerprint density at radius 2 is 2.14 bits per heavy atom. The van der Waals surface area contributed by atoms with Crippen LogP contribution in [-0.2, 0) is 9.53 Å². The van der Waals surface area contributed by atoms with Gasteiger partial charge in [0.25, 0.3) is 0 Å². The number of carbonyl (C=O) groups is 2. The van der Waals surface area contributed by atoms with Gasteiger partial charge in [-0.2, -0.15) is 0 Å². The molecule has 0 radical (unpaired) electrons. The fourth-order valence-corrected chi connectivity index (χ4v) is 3.39. The number of ketones is 1. The molecule has 22 heavy (non-hydrogen) atoms. The average Bonchev–Trinajstić information content (AvgIpc) is 2.48. The van der Waals surface area contributed by atoms with E-state index in [1.807, 2.05) is 12.1 Å². The standard InChI is InChI=1S/C17H20INO3/c1-10(2)12-8-7-11(20)9-15(12)19-14-6-4-5-13(16(14)18)17(21)22-3/h4-6,9-10,12,19H,7-8H2,1-3H3. The summed E-state index contributed by atoms with van der Waals surface area (Å²) in [6.45, 7) is 4.32. The van der Waals surface area contributed by atoms with Crippen molar-refractivity contribution in [2.24, 2.45) is 11.8 Å². The maximum Gasteiger partial charge on any atom is 0.339 e. The Kier molecular flexibility index (Phi) is 5.61. The molecule has 0 saturated carbocycles. The molecule has 0 amide bonds. The van der Waals surface area contributed by atoms with Gasteiger partial charge in [0.15, 0.2) is 5.78 Å². The second kappa shape index (κ2) is 7.26. The van der Waals surface area contributed by atoms with Gasteiger partial charge in [0.2, 0.25) is 0 Å². The summed E-state index contributed by atoms with van der Waals surface area (Å²) < 4.78 is 5.60. The van der Waals surface area contributed by atoms with E-state index in [1.54, 1.807) is 12.1 Å². The Morgan fingerprint density at radius 1 is 1.41 bits per heavy atom. The van der Waals surface area contributed by atoms with Gasteiger partial charge in [-0.1, -0.05) is 19.9 Å². The Bertz CT molecular complexity index is 622. The molecule has 1 N–H and O–H groups in total. The molecule has 1 aromatic carbocycles. The van der Waals surface area contributed by atoms with E-state index < -0.39 is 0 Å². The first-order valence-corrected chi connectivity index (χ1v) is 8.40. The van der Waals surface area contributed by atoms with Gasteiger partial charge in [-0.05, 0) is 47.1 Å². The van der Waals surface area contributed by atoms with Crippen LogP contribution in [-0.4, -0.2) is 18.9 Å². The zero-order valence-electron chi connectivity index (χ0n) is 13.0. The van der Waals surface area contributed by atoms with Gasteiger partial charge in [-0.15, -0.1) is 0 Å². The molecular formula is C17H20INO3. The molecule has 118 valence electrons. The summed E-state index contributed by atoms with van der Waals surface area (Å²) in [5.74, 6) is 0.573. The molecule has 4 nitrogen and oxygen atoms in total. The van der Waals surface area contributed by atoms with Crippen molar-refractivity contribution in [3.63, 3.8) is 0 Å². The lowest BCUT2D eigenvalue weighted by Gasteiger charge is -2.28. The minimum atomic E-state index is -0.359. The van der Waals surface area contributed by atoms with Gasteiger partial charge in [0, 0.05) is 24.1 Å². The number of hydrogen-bond acceptors (Lipinski definition) is 4. The Balaban J connectivity index is 2.33. The molecule has 0 aliphatic heterocycles. The van der Waals surface area contributed by atoms with E-state index in [-0.39, 0.29) is 11.8 Å². The first kappa shape index (κ1) is 17.0. The predicted octanol–water partition coefficient (Wildman–Crippen LogP) is 4.01. The van der Waals surface area contributed by atoms with Crippen molar-refractivity contribution < 1.29 is 14.3 Å².